The summed E-state index contributed by atoms with van der Waals surface area (Å²) in [6.45, 7) is 2.28. The molecule has 0 saturated heterocycles. The lowest BCUT2D eigenvalue weighted by molar-refractivity contribution is 0.586. The minimum Gasteiger partial charge on any atom is -0.266 e. The first-order valence-corrected chi connectivity index (χ1v) is 9.20. The Hall–Kier alpha value is -2.50. The Morgan fingerprint density at radius 1 is 1.17 bits per heavy atom. The van der Waals surface area contributed by atoms with Gasteiger partial charge in [0.05, 0.1) is 16.6 Å². The maximum Gasteiger partial charge on any atom is 0.264 e. The summed E-state index contributed by atoms with van der Waals surface area (Å²) < 4.78 is 27.6. The molecule has 0 aromatic heterocycles. The SMILES string of the molecule is Cc1ccc(S(=O)(=O)N2CCC[C@@H](N=[N+]=[N-])c3ccccc32)cc1. The van der Waals surface area contributed by atoms with Crippen molar-refractivity contribution in [1.82, 2.24) is 0 Å². The Kier molecular flexibility index (Phi) is 4.46. The van der Waals surface area contributed by atoms with Crippen LogP contribution in [0.2, 0.25) is 0 Å². The van der Waals surface area contributed by atoms with Crippen molar-refractivity contribution in [3.63, 3.8) is 0 Å². The van der Waals surface area contributed by atoms with Gasteiger partial charge in [-0.2, -0.15) is 0 Å². The van der Waals surface area contributed by atoms with E-state index in [4.69, 9.17) is 5.53 Å². The van der Waals surface area contributed by atoms with Crippen LogP contribution in [0.25, 0.3) is 10.4 Å². The van der Waals surface area contributed by atoms with Gasteiger partial charge in [0.1, 0.15) is 0 Å². The third-order valence-corrected chi connectivity index (χ3v) is 6.03. The Morgan fingerprint density at radius 3 is 2.58 bits per heavy atom. The Morgan fingerprint density at radius 2 is 1.88 bits per heavy atom. The van der Waals surface area contributed by atoms with Gasteiger partial charge in [0.15, 0.2) is 0 Å². The highest BCUT2D eigenvalue weighted by molar-refractivity contribution is 7.92. The summed E-state index contributed by atoms with van der Waals surface area (Å²) in [7, 11) is -3.66. The fourth-order valence-electron chi connectivity index (χ4n) is 2.97. The molecule has 0 saturated carbocycles. The number of fused-ring (bicyclic) bond motifs is 1. The molecule has 1 aliphatic heterocycles. The van der Waals surface area contributed by atoms with Gasteiger partial charge in [-0.25, -0.2) is 8.42 Å². The standard InChI is InChI=1S/C17H18N4O2S/c1-13-8-10-14(11-9-13)24(22,23)21-12-4-6-16(19-20-18)15-5-2-3-7-17(15)21/h2-3,5,7-11,16H,4,6,12H2,1H3/t16-/m1/s1. The fourth-order valence-corrected chi connectivity index (χ4v) is 4.50. The van der Waals surface area contributed by atoms with E-state index in [0.29, 0.717) is 25.1 Å². The molecule has 2 aromatic carbocycles. The van der Waals surface area contributed by atoms with Crippen LogP contribution >= 0.6 is 0 Å². The number of hydrogen-bond acceptors (Lipinski definition) is 3. The van der Waals surface area contributed by atoms with Crippen molar-refractivity contribution in [3.8, 4) is 0 Å². The van der Waals surface area contributed by atoms with E-state index in [2.05, 4.69) is 10.0 Å². The van der Waals surface area contributed by atoms with Gasteiger partial charge in [-0.3, -0.25) is 4.31 Å². The molecule has 0 amide bonds. The van der Waals surface area contributed by atoms with Crippen LogP contribution in [0, 0.1) is 6.92 Å². The van der Waals surface area contributed by atoms with Crippen LogP contribution < -0.4 is 4.31 Å². The molecule has 1 heterocycles. The van der Waals surface area contributed by atoms with Crippen LogP contribution in [-0.4, -0.2) is 15.0 Å². The minimum absolute atomic E-state index is 0.269. The van der Waals surface area contributed by atoms with Gasteiger partial charge in [-0.15, -0.1) is 0 Å². The average Bonchev–Trinajstić information content (AvgIpc) is 2.76. The number of para-hydroxylation sites is 1. The molecule has 0 spiro atoms. The summed E-state index contributed by atoms with van der Waals surface area (Å²) in [5.41, 5.74) is 11.1. The molecule has 3 rings (SSSR count). The zero-order valence-corrected chi connectivity index (χ0v) is 14.1. The average molecular weight is 342 g/mol. The first-order chi connectivity index (χ1) is 11.5. The van der Waals surface area contributed by atoms with Crippen LogP contribution in [-0.2, 0) is 10.0 Å². The largest absolute Gasteiger partial charge is 0.266 e. The predicted octanol–water partition coefficient (Wildman–Crippen LogP) is 4.34. The summed E-state index contributed by atoms with van der Waals surface area (Å²) in [6, 6.07) is 13.7. The summed E-state index contributed by atoms with van der Waals surface area (Å²) in [6.07, 6.45) is 1.25. The minimum atomic E-state index is -3.66. The third kappa shape index (κ3) is 2.96. The second kappa shape index (κ2) is 6.55. The third-order valence-electron chi connectivity index (χ3n) is 4.20. The van der Waals surface area contributed by atoms with Gasteiger partial charge < -0.3 is 0 Å². The first-order valence-electron chi connectivity index (χ1n) is 7.76. The van der Waals surface area contributed by atoms with E-state index in [1.807, 2.05) is 19.1 Å². The van der Waals surface area contributed by atoms with Gasteiger partial charge in [-0.05, 0) is 49.1 Å². The van der Waals surface area contributed by atoms with Crippen LogP contribution in [0.3, 0.4) is 0 Å². The lowest BCUT2D eigenvalue weighted by atomic mass is 10.0. The van der Waals surface area contributed by atoms with Crippen LogP contribution in [0.15, 0.2) is 58.5 Å². The molecule has 24 heavy (non-hydrogen) atoms. The van der Waals surface area contributed by atoms with E-state index in [1.54, 1.807) is 36.4 Å². The van der Waals surface area contributed by atoms with Crippen molar-refractivity contribution in [2.24, 2.45) is 5.11 Å². The number of benzene rings is 2. The molecule has 0 unspecified atom stereocenters. The maximum absolute atomic E-state index is 13.1. The first kappa shape index (κ1) is 16.4. The molecule has 1 aliphatic rings. The highest BCUT2D eigenvalue weighted by atomic mass is 32.2. The quantitative estimate of drug-likeness (QED) is 0.472. The van der Waals surface area contributed by atoms with Gasteiger partial charge in [0.25, 0.3) is 10.0 Å². The van der Waals surface area contributed by atoms with Crippen molar-refractivity contribution in [3.05, 3.63) is 70.1 Å². The van der Waals surface area contributed by atoms with E-state index < -0.39 is 10.0 Å². The number of sulfonamides is 1. The number of rotatable bonds is 3. The summed E-state index contributed by atoms with van der Waals surface area (Å²) in [5, 5.41) is 3.84. The van der Waals surface area contributed by atoms with Crippen molar-refractivity contribution in [2.45, 2.75) is 30.7 Å². The molecule has 0 fully saturated rings. The molecule has 7 heteroatoms. The molecule has 2 aromatic rings. The zero-order chi connectivity index (χ0) is 17.2. The number of hydrogen-bond donors (Lipinski definition) is 0. The highest BCUT2D eigenvalue weighted by Crippen LogP contribution is 2.37. The Balaban J connectivity index is 2.11. The van der Waals surface area contributed by atoms with E-state index in [-0.39, 0.29) is 10.9 Å². The van der Waals surface area contributed by atoms with E-state index in [9.17, 15) is 8.42 Å². The van der Waals surface area contributed by atoms with E-state index in [0.717, 1.165) is 11.1 Å². The number of azide groups is 1. The van der Waals surface area contributed by atoms with Crippen molar-refractivity contribution < 1.29 is 8.42 Å². The Labute approximate surface area is 141 Å². The number of anilines is 1. The second-order valence-corrected chi connectivity index (χ2v) is 7.67. The van der Waals surface area contributed by atoms with Crippen molar-refractivity contribution in [2.75, 3.05) is 10.8 Å². The molecule has 124 valence electrons. The maximum atomic E-state index is 13.1. The monoisotopic (exact) mass is 342 g/mol. The van der Waals surface area contributed by atoms with E-state index in [1.165, 1.54) is 4.31 Å². The predicted molar refractivity (Wildman–Crippen MR) is 93.3 cm³/mol. The van der Waals surface area contributed by atoms with Crippen molar-refractivity contribution >= 4 is 15.7 Å². The summed E-state index contributed by atoms with van der Waals surface area (Å²) in [5.74, 6) is 0. The summed E-state index contributed by atoms with van der Waals surface area (Å²) in [4.78, 5) is 3.18. The highest BCUT2D eigenvalue weighted by Gasteiger charge is 2.30. The molecule has 6 nitrogen and oxygen atoms in total. The number of aryl methyl sites for hydroxylation is 1. The molecule has 0 N–H and O–H groups in total. The smallest absolute Gasteiger partial charge is 0.264 e. The van der Waals surface area contributed by atoms with Gasteiger partial charge in [-0.1, -0.05) is 41.0 Å². The molecule has 0 bridgehead atoms. The van der Waals surface area contributed by atoms with Crippen molar-refractivity contribution in [1.29, 1.82) is 0 Å². The topological polar surface area (TPSA) is 86.1 Å². The van der Waals surface area contributed by atoms with Gasteiger partial charge >= 0.3 is 0 Å². The van der Waals surface area contributed by atoms with E-state index >= 15 is 0 Å². The summed E-state index contributed by atoms with van der Waals surface area (Å²) >= 11 is 0. The van der Waals surface area contributed by atoms with Gasteiger partial charge in [0.2, 0.25) is 0 Å². The second-order valence-electron chi connectivity index (χ2n) is 5.81. The van der Waals surface area contributed by atoms with Gasteiger partial charge in [0, 0.05) is 11.5 Å². The van der Waals surface area contributed by atoms with Crippen LogP contribution in [0.5, 0.6) is 0 Å². The number of nitrogens with zero attached hydrogens (tertiary/aromatic N) is 4. The molecule has 1 atom stereocenters. The molecular formula is C17H18N4O2S. The Bertz CT molecular complexity index is 887. The fraction of sp³-hybridized carbons (Fsp3) is 0.294. The normalized spacial score (nSPS) is 17.5. The lowest BCUT2D eigenvalue weighted by Gasteiger charge is -2.25. The molecule has 0 aliphatic carbocycles. The molecular weight excluding hydrogens is 324 g/mol. The zero-order valence-electron chi connectivity index (χ0n) is 13.3. The molecule has 0 radical (unpaired) electrons. The lowest BCUT2D eigenvalue weighted by Crippen LogP contribution is -2.31. The van der Waals surface area contributed by atoms with Crippen LogP contribution in [0.1, 0.15) is 30.0 Å². The van der Waals surface area contributed by atoms with Crippen LogP contribution in [0.4, 0.5) is 5.69 Å².